The summed E-state index contributed by atoms with van der Waals surface area (Å²) < 4.78 is 20.4. The average Bonchev–Trinajstić information content (AvgIpc) is 2.07. The molecule has 70 valence electrons. The molecular formula is C8H14O4. The van der Waals surface area contributed by atoms with Gasteiger partial charge >= 0.3 is 0 Å². The van der Waals surface area contributed by atoms with E-state index in [9.17, 15) is 0 Å². The highest BCUT2D eigenvalue weighted by Gasteiger charge is 2.58. The number of hydrogen-bond donors (Lipinski definition) is 0. The van der Waals surface area contributed by atoms with E-state index in [1.54, 1.807) is 41.3 Å². The molecule has 0 saturated heterocycles. The molecule has 1 fully saturated rings. The first-order chi connectivity index (χ1) is 5.66. The van der Waals surface area contributed by atoms with Crippen molar-refractivity contribution < 1.29 is 18.9 Å². The van der Waals surface area contributed by atoms with E-state index < -0.39 is 11.6 Å². The van der Waals surface area contributed by atoms with Crippen LogP contribution in [0.25, 0.3) is 0 Å². The summed E-state index contributed by atoms with van der Waals surface area (Å²) in [4.78, 5) is 0. The SMILES string of the molecule is COC1(OC)[CH]C(OC)(OC)[CH]1. The smallest absolute Gasteiger partial charge is 0.184 e. The zero-order chi connectivity index (χ0) is 9.24. The van der Waals surface area contributed by atoms with Crippen molar-refractivity contribution in [3.05, 3.63) is 12.8 Å². The van der Waals surface area contributed by atoms with Crippen molar-refractivity contribution >= 4 is 0 Å². The lowest BCUT2D eigenvalue weighted by Gasteiger charge is -2.50. The normalized spacial score (nSPS) is 25.0. The Morgan fingerprint density at radius 3 is 1.08 bits per heavy atom. The van der Waals surface area contributed by atoms with E-state index in [2.05, 4.69) is 0 Å². The van der Waals surface area contributed by atoms with E-state index in [0.717, 1.165) is 0 Å². The van der Waals surface area contributed by atoms with Gasteiger partial charge in [-0.15, -0.1) is 0 Å². The van der Waals surface area contributed by atoms with Crippen molar-refractivity contribution in [3.8, 4) is 0 Å². The van der Waals surface area contributed by atoms with E-state index in [0.29, 0.717) is 0 Å². The minimum atomic E-state index is -0.758. The van der Waals surface area contributed by atoms with Crippen molar-refractivity contribution in [2.75, 3.05) is 28.4 Å². The van der Waals surface area contributed by atoms with E-state index in [1.807, 2.05) is 0 Å². The minimum absolute atomic E-state index is 0.758. The summed E-state index contributed by atoms with van der Waals surface area (Å²) in [5, 5.41) is 0. The maximum Gasteiger partial charge on any atom is 0.184 e. The van der Waals surface area contributed by atoms with E-state index in [4.69, 9.17) is 18.9 Å². The summed E-state index contributed by atoms with van der Waals surface area (Å²) in [6.45, 7) is 0. The monoisotopic (exact) mass is 174 g/mol. The molecule has 2 radical (unpaired) electrons. The van der Waals surface area contributed by atoms with Gasteiger partial charge in [0.15, 0.2) is 11.6 Å². The Hall–Kier alpha value is -0.160. The molecule has 1 aliphatic carbocycles. The molecule has 0 amide bonds. The van der Waals surface area contributed by atoms with Crippen LogP contribution in [0.1, 0.15) is 0 Å². The molecule has 0 aromatic carbocycles. The third-order valence-corrected chi connectivity index (χ3v) is 2.08. The van der Waals surface area contributed by atoms with Gasteiger partial charge in [0.1, 0.15) is 0 Å². The number of methoxy groups -OCH3 is 4. The highest BCUT2D eigenvalue weighted by atomic mass is 16.7. The minimum Gasteiger partial charge on any atom is -0.352 e. The molecule has 0 aromatic heterocycles. The summed E-state index contributed by atoms with van der Waals surface area (Å²) in [6, 6.07) is 0. The Labute approximate surface area is 72.7 Å². The van der Waals surface area contributed by atoms with Crippen LogP contribution in [0.4, 0.5) is 0 Å². The molecule has 0 bridgehead atoms. The van der Waals surface area contributed by atoms with Gasteiger partial charge in [0.05, 0.1) is 12.8 Å². The molecule has 1 saturated carbocycles. The average molecular weight is 174 g/mol. The zero-order valence-electron chi connectivity index (χ0n) is 7.79. The van der Waals surface area contributed by atoms with Gasteiger partial charge in [0.25, 0.3) is 0 Å². The second-order valence-electron chi connectivity index (χ2n) is 2.55. The molecule has 12 heavy (non-hydrogen) atoms. The van der Waals surface area contributed by atoms with Gasteiger partial charge in [0, 0.05) is 28.4 Å². The summed E-state index contributed by atoms with van der Waals surface area (Å²) >= 11 is 0. The number of hydrogen-bond acceptors (Lipinski definition) is 4. The van der Waals surface area contributed by atoms with Gasteiger partial charge in [-0.25, -0.2) is 0 Å². The number of rotatable bonds is 4. The van der Waals surface area contributed by atoms with Crippen molar-refractivity contribution in [1.29, 1.82) is 0 Å². The summed E-state index contributed by atoms with van der Waals surface area (Å²) in [7, 11) is 6.24. The van der Waals surface area contributed by atoms with Crippen molar-refractivity contribution in [2.24, 2.45) is 0 Å². The van der Waals surface area contributed by atoms with Gasteiger partial charge < -0.3 is 18.9 Å². The van der Waals surface area contributed by atoms with Gasteiger partial charge in [-0.1, -0.05) is 0 Å². The van der Waals surface area contributed by atoms with Crippen molar-refractivity contribution in [2.45, 2.75) is 11.6 Å². The van der Waals surface area contributed by atoms with Crippen LogP contribution >= 0.6 is 0 Å². The Morgan fingerprint density at radius 2 is 0.917 bits per heavy atom. The first-order valence-corrected chi connectivity index (χ1v) is 3.60. The van der Waals surface area contributed by atoms with Gasteiger partial charge in [-0.2, -0.15) is 0 Å². The highest BCUT2D eigenvalue weighted by molar-refractivity contribution is 5.26. The molecule has 0 unspecified atom stereocenters. The van der Waals surface area contributed by atoms with Crippen LogP contribution < -0.4 is 0 Å². The fourth-order valence-electron chi connectivity index (χ4n) is 1.19. The zero-order valence-corrected chi connectivity index (χ0v) is 7.79. The Bertz CT molecular complexity index is 123. The van der Waals surface area contributed by atoms with Crippen LogP contribution in [-0.4, -0.2) is 40.0 Å². The molecule has 0 spiro atoms. The van der Waals surface area contributed by atoms with Crippen LogP contribution in [0.5, 0.6) is 0 Å². The van der Waals surface area contributed by atoms with Gasteiger partial charge in [0.2, 0.25) is 0 Å². The lowest BCUT2D eigenvalue weighted by atomic mass is 9.83. The van der Waals surface area contributed by atoms with Crippen LogP contribution in [-0.2, 0) is 18.9 Å². The predicted octanol–water partition coefficient (Wildman–Crippen LogP) is 0.387. The standard InChI is InChI=1S/C8H14O4/c1-9-7(10-2)5-8(6-7,11-3)12-4/h5-6H,1-4H3. The lowest BCUT2D eigenvalue weighted by Crippen LogP contribution is -2.62. The molecule has 1 rings (SSSR count). The van der Waals surface area contributed by atoms with Crippen LogP contribution in [0, 0.1) is 12.8 Å². The van der Waals surface area contributed by atoms with Crippen molar-refractivity contribution in [3.63, 3.8) is 0 Å². The molecular weight excluding hydrogens is 160 g/mol. The first-order valence-electron chi connectivity index (χ1n) is 3.60. The molecule has 0 heterocycles. The quantitative estimate of drug-likeness (QED) is 0.578. The molecule has 0 atom stereocenters. The van der Waals surface area contributed by atoms with E-state index in [1.165, 1.54) is 0 Å². The van der Waals surface area contributed by atoms with Gasteiger partial charge in [-0.05, 0) is 0 Å². The summed E-state index contributed by atoms with van der Waals surface area (Å²) in [6.07, 6.45) is 3.42. The second kappa shape index (κ2) is 3.30. The molecule has 4 heteroatoms. The Kier molecular flexibility index (Phi) is 2.73. The number of ether oxygens (including phenoxy) is 4. The maximum absolute atomic E-state index is 5.09. The van der Waals surface area contributed by atoms with E-state index in [-0.39, 0.29) is 0 Å². The summed E-state index contributed by atoms with van der Waals surface area (Å²) in [5.41, 5.74) is 0. The molecule has 0 aromatic rings. The molecule has 1 aliphatic rings. The topological polar surface area (TPSA) is 36.9 Å². The third-order valence-electron chi connectivity index (χ3n) is 2.08. The third kappa shape index (κ3) is 1.35. The maximum atomic E-state index is 5.09. The van der Waals surface area contributed by atoms with Gasteiger partial charge in [-0.3, -0.25) is 0 Å². The highest BCUT2D eigenvalue weighted by Crippen LogP contribution is 2.44. The second-order valence-corrected chi connectivity index (χ2v) is 2.55. The largest absolute Gasteiger partial charge is 0.352 e. The molecule has 0 aliphatic heterocycles. The fraction of sp³-hybridized carbons (Fsp3) is 0.750. The molecule has 0 N–H and O–H groups in total. The van der Waals surface area contributed by atoms with Crippen LogP contribution in [0.2, 0.25) is 0 Å². The van der Waals surface area contributed by atoms with E-state index >= 15 is 0 Å². The molecule has 4 nitrogen and oxygen atoms in total. The van der Waals surface area contributed by atoms with Crippen LogP contribution in [0.3, 0.4) is 0 Å². The predicted molar refractivity (Wildman–Crippen MR) is 42.1 cm³/mol. The first kappa shape index (κ1) is 9.92. The van der Waals surface area contributed by atoms with Crippen molar-refractivity contribution in [1.82, 2.24) is 0 Å². The Morgan fingerprint density at radius 1 is 0.667 bits per heavy atom. The Balaban J connectivity index is 2.52. The summed E-state index contributed by atoms with van der Waals surface area (Å²) in [5.74, 6) is -1.52. The van der Waals surface area contributed by atoms with Crippen LogP contribution in [0.15, 0.2) is 0 Å². The lowest BCUT2D eigenvalue weighted by molar-refractivity contribution is -0.295. The fourth-order valence-corrected chi connectivity index (χ4v) is 1.19.